The number of nitrogens with one attached hydrogen (secondary N) is 3. The molecule has 0 saturated heterocycles. The van der Waals surface area contributed by atoms with Crippen LogP contribution in [0.25, 0.3) is 6.08 Å². The van der Waals surface area contributed by atoms with Crippen molar-refractivity contribution in [3.63, 3.8) is 0 Å². The summed E-state index contributed by atoms with van der Waals surface area (Å²) in [5, 5.41) is 12.1. The number of aromatic amines is 2. The quantitative estimate of drug-likeness (QED) is 0.510. The fourth-order valence-corrected chi connectivity index (χ4v) is 3.27. The van der Waals surface area contributed by atoms with E-state index in [0.717, 1.165) is 5.75 Å². The maximum Gasteiger partial charge on any atom is 0.325 e. The van der Waals surface area contributed by atoms with Crippen LogP contribution < -0.4 is 16.6 Å². The van der Waals surface area contributed by atoms with Gasteiger partial charge >= 0.3 is 5.69 Å². The highest BCUT2D eigenvalue weighted by molar-refractivity contribution is 7.98. The van der Waals surface area contributed by atoms with Crippen molar-refractivity contribution in [1.29, 1.82) is 0 Å². The van der Waals surface area contributed by atoms with Crippen LogP contribution in [-0.4, -0.2) is 39.4 Å². The van der Waals surface area contributed by atoms with E-state index < -0.39 is 23.2 Å². The van der Waals surface area contributed by atoms with Gasteiger partial charge in [-0.15, -0.1) is 0 Å². The van der Waals surface area contributed by atoms with Gasteiger partial charge in [0.05, 0.1) is 18.2 Å². The average molecular weight is 375 g/mol. The molecule has 7 nitrogen and oxygen atoms in total. The number of aromatic nitrogens is 2. The van der Waals surface area contributed by atoms with Crippen molar-refractivity contribution in [1.82, 2.24) is 15.3 Å². The van der Waals surface area contributed by atoms with Crippen molar-refractivity contribution in [3.8, 4) is 0 Å². The molecule has 0 fully saturated rings. The number of hydrogen-bond donors (Lipinski definition) is 4. The number of carbonyl (C=O) groups excluding carboxylic acids is 1. The number of hydrogen-bond acceptors (Lipinski definition) is 5. The van der Waals surface area contributed by atoms with E-state index in [9.17, 15) is 19.5 Å². The van der Waals surface area contributed by atoms with Crippen molar-refractivity contribution in [2.45, 2.75) is 18.7 Å². The molecule has 0 bridgehead atoms. The minimum absolute atomic E-state index is 0.181. The minimum Gasteiger partial charge on any atom is -0.394 e. The Morgan fingerprint density at radius 2 is 2.00 bits per heavy atom. The molecule has 1 amide bonds. The van der Waals surface area contributed by atoms with Crippen LogP contribution >= 0.6 is 11.8 Å². The Morgan fingerprint density at radius 1 is 1.27 bits per heavy atom. The van der Waals surface area contributed by atoms with Gasteiger partial charge in [-0.05, 0) is 18.6 Å². The number of aliphatic hydroxyl groups excluding tert-OH is 1. The Bertz CT molecular complexity index is 874. The molecule has 0 aliphatic rings. The first-order valence-corrected chi connectivity index (χ1v) is 9.19. The Balaban J connectivity index is 1.88. The lowest BCUT2D eigenvalue weighted by molar-refractivity contribution is -0.117. The van der Waals surface area contributed by atoms with Gasteiger partial charge < -0.3 is 15.4 Å². The van der Waals surface area contributed by atoms with Crippen LogP contribution in [-0.2, 0) is 10.5 Å². The summed E-state index contributed by atoms with van der Waals surface area (Å²) in [6.45, 7) is 1.39. The van der Waals surface area contributed by atoms with E-state index in [1.807, 2.05) is 30.3 Å². The van der Waals surface area contributed by atoms with Gasteiger partial charge in [0, 0.05) is 23.3 Å². The molecule has 26 heavy (non-hydrogen) atoms. The molecule has 1 atom stereocenters. The molecule has 0 aliphatic carbocycles. The third-order valence-corrected chi connectivity index (χ3v) is 4.75. The van der Waals surface area contributed by atoms with Gasteiger partial charge in [0.2, 0.25) is 5.91 Å². The Labute approximate surface area is 154 Å². The largest absolute Gasteiger partial charge is 0.394 e. The predicted molar refractivity (Wildman–Crippen MR) is 103 cm³/mol. The molecular formula is C18H21N3O4S. The zero-order valence-corrected chi connectivity index (χ0v) is 15.1. The second-order valence-electron chi connectivity index (χ2n) is 5.67. The molecule has 0 unspecified atom stereocenters. The number of H-pyrrole nitrogens is 2. The van der Waals surface area contributed by atoms with Crippen LogP contribution in [0.15, 0.2) is 46.0 Å². The van der Waals surface area contributed by atoms with E-state index in [1.54, 1.807) is 18.7 Å². The minimum atomic E-state index is -0.593. The van der Waals surface area contributed by atoms with Crippen LogP contribution in [0.4, 0.5) is 0 Å². The standard InChI is InChI=1S/C18H21N3O4S/c1-12-15(17(24)21-18(25)19-12)7-8-16(23)20-14(9-22)11-26-10-13-5-3-2-4-6-13/h2-8,14,22H,9-11H2,1H3,(H,20,23)(H2,19,21,24,25)/b8-7-/t14-/m1/s1. The summed E-state index contributed by atoms with van der Waals surface area (Å²) in [5.41, 5.74) is 0.601. The van der Waals surface area contributed by atoms with Crippen LogP contribution in [0.2, 0.25) is 0 Å². The third kappa shape index (κ3) is 6.05. The molecule has 138 valence electrons. The molecular weight excluding hydrogens is 354 g/mol. The number of rotatable bonds is 8. The van der Waals surface area contributed by atoms with Gasteiger partial charge in [0.25, 0.3) is 5.56 Å². The fourth-order valence-electron chi connectivity index (χ4n) is 2.25. The molecule has 0 radical (unpaired) electrons. The Morgan fingerprint density at radius 3 is 2.65 bits per heavy atom. The van der Waals surface area contributed by atoms with Gasteiger partial charge in [-0.1, -0.05) is 30.3 Å². The lowest BCUT2D eigenvalue weighted by atomic mass is 10.2. The number of carbonyl (C=O) groups is 1. The van der Waals surface area contributed by atoms with Crippen LogP contribution in [0, 0.1) is 6.92 Å². The molecule has 0 spiro atoms. The maximum atomic E-state index is 12.0. The Hall–Kier alpha value is -2.58. The molecule has 2 rings (SSSR count). The summed E-state index contributed by atoms with van der Waals surface area (Å²) >= 11 is 1.61. The second kappa shape index (κ2) is 9.79. The highest BCUT2D eigenvalue weighted by Crippen LogP contribution is 2.12. The van der Waals surface area contributed by atoms with Gasteiger partial charge in [0.15, 0.2) is 0 Å². The normalized spacial score (nSPS) is 12.2. The van der Waals surface area contributed by atoms with Crippen molar-refractivity contribution in [2.75, 3.05) is 12.4 Å². The number of thioether (sulfide) groups is 1. The average Bonchev–Trinajstić information content (AvgIpc) is 2.60. The van der Waals surface area contributed by atoms with Crippen molar-refractivity contribution in [3.05, 3.63) is 74.1 Å². The third-order valence-electron chi connectivity index (χ3n) is 3.58. The van der Waals surface area contributed by atoms with Crippen LogP contribution in [0.3, 0.4) is 0 Å². The summed E-state index contributed by atoms with van der Waals surface area (Å²) in [7, 11) is 0. The molecule has 0 saturated carbocycles. The highest BCUT2D eigenvalue weighted by Gasteiger charge is 2.10. The first kappa shape index (κ1) is 19.7. The lowest BCUT2D eigenvalue weighted by Crippen LogP contribution is -2.38. The molecule has 1 aromatic carbocycles. The van der Waals surface area contributed by atoms with Crippen molar-refractivity contribution in [2.24, 2.45) is 0 Å². The zero-order chi connectivity index (χ0) is 18.9. The number of benzene rings is 1. The van der Waals surface area contributed by atoms with E-state index in [4.69, 9.17) is 0 Å². The van der Waals surface area contributed by atoms with Crippen molar-refractivity contribution >= 4 is 23.7 Å². The molecule has 1 heterocycles. The zero-order valence-electron chi connectivity index (χ0n) is 14.3. The highest BCUT2D eigenvalue weighted by atomic mass is 32.2. The summed E-state index contributed by atoms with van der Waals surface area (Å²) in [5.74, 6) is 0.924. The molecule has 2 aromatic rings. The summed E-state index contributed by atoms with van der Waals surface area (Å²) in [4.78, 5) is 39.4. The predicted octanol–water partition coefficient (Wildman–Crippen LogP) is 0.795. The molecule has 1 aromatic heterocycles. The van der Waals surface area contributed by atoms with Crippen molar-refractivity contribution < 1.29 is 9.90 Å². The monoisotopic (exact) mass is 375 g/mol. The topological polar surface area (TPSA) is 115 Å². The van der Waals surface area contributed by atoms with E-state index >= 15 is 0 Å². The first-order chi connectivity index (χ1) is 12.5. The number of aryl methyl sites for hydroxylation is 1. The van der Waals surface area contributed by atoms with Crippen LogP contribution in [0.5, 0.6) is 0 Å². The van der Waals surface area contributed by atoms with Gasteiger partial charge in [-0.3, -0.25) is 14.6 Å². The summed E-state index contributed by atoms with van der Waals surface area (Å²) in [6.07, 6.45) is 2.55. The number of amides is 1. The van der Waals surface area contributed by atoms with E-state index in [1.165, 1.54) is 17.7 Å². The number of aliphatic hydroxyl groups is 1. The molecule has 0 aliphatic heterocycles. The first-order valence-electron chi connectivity index (χ1n) is 8.04. The van der Waals surface area contributed by atoms with Gasteiger partial charge in [-0.2, -0.15) is 11.8 Å². The van der Waals surface area contributed by atoms with Gasteiger partial charge in [0.1, 0.15) is 0 Å². The summed E-state index contributed by atoms with van der Waals surface area (Å²) in [6, 6.07) is 9.53. The van der Waals surface area contributed by atoms with Gasteiger partial charge in [-0.25, -0.2) is 4.79 Å². The van der Waals surface area contributed by atoms with Crippen LogP contribution in [0.1, 0.15) is 16.8 Å². The SMILES string of the molecule is Cc1[nH]c(=O)[nH]c(=O)c1/C=C\C(=O)N[C@H](CO)CSCc1ccccc1. The summed E-state index contributed by atoms with van der Waals surface area (Å²) < 4.78 is 0. The fraction of sp³-hybridized carbons (Fsp3) is 0.278. The second-order valence-corrected chi connectivity index (χ2v) is 6.70. The molecule has 4 N–H and O–H groups in total. The van der Waals surface area contributed by atoms with E-state index in [-0.39, 0.29) is 12.2 Å². The van der Waals surface area contributed by atoms with E-state index in [2.05, 4.69) is 15.3 Å². The maximum absolute atomic E-state index is 12.0. The smallest absolute Gasteiger partial charge is 0.325 e. The van der Waals surface area contributed by atoms with E-state index in [0.29, 0.717) is 11.4 Å². The Kier molecular flexibility index (Phi) is 7.43. The molecule has 8 heteroatoms. The lowest BCUT2D eigenvalue weighted by Gasteiger charge is -2.14.